The molecule has 4 heteroatoms. The molecule has 15 heavy (non-hydrogen) atoms. The number of ketones is 1. The third kappa shape index (κ3) is 1.45. The first kappa shape index (κ1) is 9.82. The molecule has 2 aliphatic heterocycles. The van der Waals surface area contributed by atoms with E-state index >= 15 is 0 Å². The highest BCUT2D eigenvalue weighted by molar-refractivity contribution is 7.93. The molecule has 2 atom stereocenters. The quantitative estimate of drug-likeness (QED) is 0.716. The number of Topliss-reactive ketones (excluding diaryl/α,β-unsaturated/α-hetero) is 1. The van der Waals surface area contributed by atoms with E-state index in [9.17, 15) is 13.2 Å². The van der Waals surface area contributed by atoms with Crippen LogP contribution in [-0.4, -0.2) is 24.7 Å². The van der Waals surface area contributed by atoms with Crippen molar-refractivity contribution in [1.29, 1.82) is 0 Å². The fraction of sp³-hybridized carbons (Fsp3) is 0.909. The Bertz CT molecular complexity index is 374. The standard InChI is InChI=1S/C11H16O3S/c12-11(7-1-2-7)8-5-9-3-4-10(6-8)15(9,13)14/h7-10H,1-6H2. The van der Waals surface area contributed by atoms with E-state index in [2.05, 4.69) is 0 Å². The summed E-state index contributed by atoms with van der Waals surface area (Å²) in [4.78, 5) is 11.9. The Balaban J connectivity index is 1.80. The van der Waals surface area contributed by atoms with E-state index in [0.717, 1.165) is 25.7 Å². The van der Waals surface area contributed by atoms with Crippen LogP contribution in [0.4, 0.5) is 0 Å². The van der Waals surface area contributed by atoms with Crippen molar-refractivity contribution in [2.45, 2.75) is 49.0 Å². The lowest BCUT2D eigenvalue weighted by Gasteiger charge is -2.26. The summed E-state index contributed by atoms with van der Waals surface area (Å²) >= 11 is 0. The summed E-state index contributed by atoms with van der Waals surface area (Å²) in [6.07, 6.45) is 4.90. The second-order valence-electron chi connectivity index (χ2n) is 5.26. The van der Waals surface area contributed by atoms with Gasteiger partial charge in [0.2, 0.25) is 0 Å². The molecular formula is C11H16O3S. The summed E-state index contributed by atoms with van der Waals surface area (Å²) in [7, 11) is -2.85. The zero-order valence-electron chi connectivity index (χ0n) is 8.69. The lowest BCUT2D eigenvalue weighted by atomic mass is 9.92. The smallest absolute Gasteiger partial charge is 0.156 e. The summed E-state index contributed by atoms with van der Waals surface area (Å²) in [5.41, 5.74) is 0. The van der Waals surface area contributed by atoms with Gasteiger partial charge in [-0.3, -0.25) is 4.79 Å². The van der Waals surface area contributed by atoms with Crippen LogP contribution in [0.1, 0.15) is 38.5 Å². The van der Waals surface area contributed by atoms with Crippen molar-refractivity contribution in [3.8, 4) is 0 Å². The molecule has 0 amide bonds. The van der Waals surface area contributed by atoms with Crippen molar-refractivity contribution >= 4 is 15.6 Å². The normalized spacial score (nSPS) is 42.8. The largest absolute Gasteiger partial charge is 0.299 e. The molecule has 1 aliphatic carbocycles. The molecule has 2 bridgehead atoms. The van der Waals surface area contributed by atoms with Crippen molar-refractivity contribution < 1.29 is 13.2 Å². The van der Waals surface area contributed by atoms with Gasteiger partial charge in [-0.05, 0) is 38.5 Å². The monoisotopic (exact) mass is 228 g/mol. The van der Waals surface area contributed by atoms with Gasteiger partial charge in [-0.15, -0.1) is 0 Å². The first-order valence-electron chi connectivity index (χ1n) is 5.85. The molecule has 0 radical (unpaired) electrons. The van der Waals surface area contributed by atoms with Crippen LogP contribution < -0.4 is 0 Å². The molecule has 0 N–H and O–H groups in total. The molecule has 3 rings (SSSR count). The van der Waals surface area contributed by atoms with Crippen LogP contribution in [0.3, 0.4) is 0 Å². The number of hydrogen-bond acceptors (Lipinski definition) is 3. The number of fused-ring (bicyclic) bond motifs is 2. The van der Waals surface area contributed by atoms with Gasteiger partial charge in [-0.1, -0.05) is 0 Å². The molecule has 0 spiro atoms. The SMILES string of the molecule is O=C(C1CC1)C1CC2CCC(C1)S2(=O)=O. The van der Waals surface area contributed by atoms with E-state index in [1.54, 1.807) is 0 Å². The number of carbonyl (C=O) groups is 1. The molecule has 0 aromatic rings. The van der Waals surface area contributed by atoms with E-state index in [0.29, 0.717) is 18.6 Å². The number of rotatable bonds is 2. The highest BCUT2D eigenvalue weighted by atomic mass is 32.2. The Morgan fingerprint density at radius 1 is 0.867 bits per heavy atom. The van der Waals surface area contributed by atoms with Crippen LogP contribution >= 0.6 is 0 Å². The molecular weight excluding hydrogens is 212 g/mol. The maximum absolute atomic E-state index is 11.9. The number of carbonyl (C=O) groups excluding carboxylic acids is 1. The maximum Gasteiger partial charge on any atom is 0.156 e. The minimum absolute atomic E-state index is 0.0681. The molecule has 0 aromatic carbocycles. The van der Waals surface area contributed by atoms with Gasteiger partial charge in [0.25, 0.3) is 0 Å². The average Bonchev–Trinajstić information content (AvgIpc) is 3.00. The van der Waals surface area contributed by atoms with Gasteiger partial charge in [0.05, 0.1) is 10.5 Å². The predicted molar refractivity (Wildman–Crippen MR) is 56.2 cm³/mol. The van der Waals surface area contributed by atoms with E-state index in [1.807, 2.05) is 0 Å². The van der Waals surface area contributed by atoms with E-state index in [-0.39, 0.29) is 22.3 Å². The van der Waals surface area contributed by atoms with Crippen LogP contribution in [0.25, 0.3) is 0 Å². The van der Waals surface area contributed by atoms with Crippen LogP contribution in [0.2, 0.25) is 0 Å². The van der Waals surface area contributed by atoms with E-state index in [4.69, 9.17) is 0 Å². The number of sulfone groups is 1. The molecule has 2 heterocycles. The first-order valence-corrected chi connectivity index (χ1v) is 7.46. The fourth-order valence-corrected chi connectivity index (χ4v) is 5.62. The van der Waals surface area contributed by atoms with Gasteiger partial charge < -0.3 is 0 Å². The summed E-state index contributed by atoms with van der Waals surface area (Å²) in [5.74, 6) is 0.718. The highest BCUT2D eigenvalue weighted by Crippen LogP contribution is 2.44. The van der Waals surface area contributed by atoms with E-state index in [1.165, 1.54) is 0 Å². The topological polar surface area (TPSA) is 51.2 Å². The van der Waals surface area contributed by atoms with Gasteiger partial charge in [0.1, 0.15) is 5.78 Å². The third-order valence-electron chi connectivity index (χ3n) is 4.22. The summed E-state index contributed by atoms with van der Waals surface area (Å²) in [5, 5.41) is -0.382. The second-order valence-corrected chi connectivity index (χ2v) is 7.77. The molecule has 3 aliphatic rings. The van der Waals surface area contributed by atoms with Crippen LogP contribution in [0.15, 0.2) is 0 Å². The van der Waals surface area contributed by atoms with Crippen molar-refractivity contribution in [3.63, 3.8) is 0 Å². The van der Waals surface area contributed by atoms with Gasteiger partial charge in [0.15, 0.2) is 9.84 Å². The Morgan fingerprint density at radius 3 is 1.87 bits per heavy atom. The molecule has 1 saturated carbocycles. The Morgan fingerprint density at radius 2 is 1.40 bits per heavy atom. The van der Waals surface area contributed by atoms with Crippen LogP contribution in [0, 0.1) is 11.8 Å². The second kappa shape index (κ2) is 3.06. The Hall–Kier alpha value is -0.380. The van der Waals surface area contributed by atoms with Gasteiger partial charge in [-0.2, -0.15) is 0 Å². The summed E-state index contributed by atoms with van der Waals surface area (Å²) in [6, 6.07) is 0. The van der Waals surface area contributed by atoms with Gasteiger partial charge in [-0.25, -0.2) is 8.42 Å². The zero-order valence-corrected chi connectivity index (χ0v) is 9.50. The zero-order chi connectivity index (χ0) is 10.6. The van der Waals surface area contributed by atoms with Crippen molar-refractivity contribution in [2.75, 3.05) is 0 Å². The molecule has 3 nitrogen and oxygen atoms in total. The van der Waals surface area contributed by atoms with E-state index < -0.39 is 9.84 Å². The van der Waals surface area contributed by atoms with Crippen molar-refractivity contribution in [2.24, 2.45) is 11.8 Å². The minimum Gasteiger partial charge on any atom is -0.299 e. The van der Waals surface area contributed by atoms with Crippen molar-refractivity contribution in [1.82, 2.24) is 0 Å². The van der Waals surface area contributed by atoms with Crippen LogP contribution in [-0.2, 0) is 14.6 Å². The van der Waals surface area contributed by atoms with Gasteiger partial charge in [0, 0.05) is 11.8 Å². The molecule has 0 aromatic heterocycles. The van der Waals surface area contributed by atoms with Crippen molar-refractivity contribution in [3.05, 3.63) is 0 Å². The first-order chi connectivity index (χ1) is 7.09. The summed E-state index contributed by atoms with van der Waals surface area (Å²) in [6.45, 7) is 0. The fourth-order valence-electron chi connectivity index (χ4n) is 3.14. The lowest BCUT2D eigenvalue weighted by molar-refractivity contribution is -0.124. The summed E-state index contributed by atoms with van der Waals surface area (Å²) < 4.78 is 23.6. The third-order valence-corrected chi connectivity index (χ3v) is 6.93. The predicted octanol–water partition coefficient (Wildman–Crippen LogP) is 1.32. The molecule has 84 valence electrons. The Labute approximate surface area is 90.2 Å². The van der Waals surface area contributed by atoms with Crippen LogP contribution in [0.5, 0.6) is 0 Å². The minimum atomic E-state index is -2.85. The number of hydrogen-bond donors (Lipinski definition) is 0. The highest BCUT2D eigenvalue weighted by Gasteiger charge is 2.50. The maximum atomic E-state index is 11.9. The lowest BCUT2D eigenvalue weighted by Crippen LogP contribution is -2.36. The molecule has 2 unspecified atom stereocenters. The van der Waals surface area contributed by atoms with Gasteiger partial charge >= 0.3 is 0 Å². The molecule has 2 saturated heterocycles. The Kier molecular flexibility index (Phi) is 2.00. The average molecular weight is 228 g/mol. The molecule has 3 fully saturated rings.